The number of methoxy groups -OCH3 is 1. The lowest BCUT2D eigenvalue weighted by atomic mass is 9.81. The zero-order chi connectivity index (χ0) is 15.9. The van der Waals surface area contributed by atoms with Gasteiger partial charge in [0, 0.05) is 30.9 Å². The van der Waals surface area contributed by atoms with Crippen LogP contribution in [-0.2, 0) is 4.79 Å². The summed E-state index contributed by atoms with van der Waals surface area (Å²) >= 11 is 0. The first-order valence-corrected chi connectivity index (χ1v) is 7.29. The van der Waals surface area contributed by atoms with Crippen molar-refractivity contribution in [3.05, 3.63) is 28.3 Å². The molecule has 2 aliphatic rings. The van der Waals surface area contributed by atoms with Gasteiger partial charge >= 0.3 is 11.7 Å². The highest BCUT2D eigenvalue weighted by molar-refractivity contribution is 5.78. The maximum Gasteiger partial charge on any atom is 0.311 e. The van der Waals surface area contributed by atoms with Gasteiger partial charge in [-0.25, -0.2) is 0 Å². The highest BCUT2D eigenvalue weighted by Gasteiger charge is 2.54. The number of carboxylic acid groups (broad SMARTS) is 1. The molecule has 1 aliphatic carbocycles. The Balaban J connectivity index is 1.90. The van der Waals surface area contributed by atoms with Crippen LogP contribution in [0.1, 0.15) is 19.3 Å². The number of nitro groups is 1. The van der Waals surface area contributed by atoms with Crippen LogP contribution in [0.3, 0.4) is 0 Å². The molecular formula is C15H18N2O5. The Morgan fingerprint density at radius 2 is 2.32 bits per heavy atom. The molecule has 0 radical (unpaired) electrons. The van der Waals surface area contributed by atoms with Crippen molar-refractivity contribution in [3.63, 3.8) is 0 Å². The zero-order valence-corrected chi connectivity index (χ0v) is 12.3. The number of hydrogen-bond donors (Lipinski definition) is 1. The number of carboxylic acids is 1. The normalized spacial score (nSPS) is 26.8. The first-order chi connectivity index (χ1) is 10.5. The van der Waals surface area contributed by atoms with Gasteiger partial charge in [-0.05, 0) is 24.8 Å². The topological polar surface area (TPSA) is 92.9 Å². The average Bonchev–Trinajstić information content (AvgIpc) is 3.04. The van der Waals surface area contributed by atoms with E-state index in [4.69, 9.17) is 4.74 Å². The molecule has 1 aromatic rings. The molecule has 1 saturated carbocycles. The van der Waals surface area contributed by atoms with Gasteiger partial charge in [0.05, 0.1) is 17.4 Å². The van der Waals surface area contributed by atoms with E-state index in [1.165, 1.54) is 13.2 Å². The molecular weight excluding hydrogens is 288 g/mol. The molecule has 0 amide bonds. The van der Waals surface area contributed by atoms with Gasteiger partial charge in [-0.15, -0.1) is 0 Å². The lowest BCUT2D eigenvalue weighted by Crippen LogP contribution is -2.35. The Bertz CT molecular complexity index is 632. The Morgan fingerprint density at radius 1 is 1.55 bits per heavy atom. The molecule has 22 heavy (non-hydrogen) atoms. The van der Waals surface area contributed by atoms with Crippen molar-refractivity contribution in [3.8, 4) is 5.75 Å². The molecule has 7 heteroatoms. The molecule has 1 aliphatic heterocycles. The number of hydrogen-bond acceptors (Lipinski definition) is 5. The molecule has 2 fully saturated rings. The van der Waals surface area contributed by atoms with Crippen LogP contribution >= 0.6 is 0 Å². The van der Waals surface area contributed by atoms with Crippen LogP contribution in [0, 0.1) is 21.4 Å². The summed E-state index contributed by atoms with van der Waals surface area (Å²) in [6.45, 7) is 1.13. The molecule has 3 rings (SSSR count). The number of nitrogens with zero attached hydrogens (tertiary/aromatic N) is 2. The van der Waals surface area contributed by atoms with Crippen molar-refractivity contribution in [2.24, 2.45) is 11.3 Å². The third-order valence-corrected chi connectivity index (χ3v) is 5.02. The van der Waals surface area contributed by atoms with Crippen LogP contribution in [0.4, 0.5) is 11.4 Å². The van der Waals surface area contributed by atoms with Gasteiger partial charge in [-0.3, -0.25) is 14.9 Å². The average molecular weight is 306 g/mol. The number of nitro benzene ring substituents is 1. The largest absolute Gasteiger partial charge is 0.490 e. The van der Waals surface area contributed by atoms with Gasteiger partial charge in [0.1, 0.15) is 0 Å². The summed E-state index contributed by atoms with van der Waals surface area (Å²) in [5.41, 5.74) is 0.0192. The first kappa shape index (κ1) is 14.6. The third-order valence-electron chi connectivity index (χ3n) is 5.02. The van der Waals surface area contributed by atoms with E-state index in [1.54, 1.807) is 12.1 Å². The minimum Gasteiger partial charge on any atom is -0.490 e. The number of benzene rings is 1. The second-order valence-electron chi connectivity index (χ2n) is 6.04. The lowest BCUT2D eigenvalue weighted by Gasteiger charge is -2.24. The fraction of sp³-hybridized carbons (Fsp3) is 0.533. The monoisotopic (exact) mass is 306 g/mol. The molecule has 1 heterocycles. The number of aliphatic carboxylic acids is 1. The molecule has 7 nitrogen and oxygen atoms in total. The van der Waals surface area contributed by atoms with E-state index in [2.05, 4.69) is 0 Å². The summed E-state index contributed by atoms with van der Waals surface area (Å²) in [6.07, 6.45) is 2.58. The Hall–Kier alpha value is -2.31. The van der Waals surface area contributed by atoms with Crippen molar-refractivity contribution in [1.29, 1.82) is 0 Å². The van der Waals surface area contributed by atoms with E-state index in [-0.39, 0.29) is 17.4 Å². The molecule has 0 aromatic heterocycles. The highest BCUT2D eigenvalue weighted by atomic mass is 16.6. The number of fused-ring (bicyclic) bond motifs is 1. The smallest absolute Gasteiger partial charge is 0.311 e. The van der Waals surface area contributed by atoms with E-state index in [9.17, 15) is 20.0 Å². The van der Waals surface area contributed by atoms with Gasteiger partial charge in [0.25, 0.3) is 0 Å². The first-order valence-electron chi connectivity index (χ1n) is 7.29. The quantitative estimate of drug-likeness (QED) is 0.677. The van der Waals surface area contributed by atoms with E-state index >= 15 is 0 Å². The van der Waals surface area contributed by atoms with Crippen molar-refractivity contribution in [1.82, 2.24) is 0 Å². The predicted molar refractivity (Wildman–Crippen MR) is 79.3 cm³/mol. The van der Waals surface area contributed by atoms with E-state index < -0.39 is 16.3 Å². The van der Waals surface area contributed by atoms with Crippen LogP contribution in [0.15, 0.2) is 18.2 Å². The molecule has 2 atom stereocenters. The van der Waals surface area contributed by atoms with Crippen LogP contribution in [0.2, 0.25) is 0 Å². The zero-order valence-electron chi connectivity index (χ0n) is 12.3. The SMILES string of the molecule is COc1cc(N2C[C@@H]3CCC[C@@]3(C(=O)O)C2)ccc1[N+](=O)[O-]. The van der Waals surface area contributed by atoms with Gasteiger partial charge < -0.3 is 14.7 Å². The maximum atomic E-state index is 11.7. The molecule has 0 bridgehead atoms. The minimum atomic E-state index is -0.730. The fourth-order valence-electron chi connectivity index (χ4n) is 3.85. The van der Waals surface area contributed by atoms with Crippen molar-refractivity contribution >= 4 is 17.3 Å². The summed E-state index contributed by atoms with van der Waals surface area (Å²) in [4.78, 5) is 24.2. The van der Waals surface area contributed by atoms with Gasteiger partial charge in [-0.1, -0.05) is 6.42 Å². The highest BCUT2D eigenvalue weighted by Crippen LogP contribution is 2.50. The fourth-order valence-corrected chi connectivity index (χ4v) is 3.85. The van der Waals surface area contributed by atoms with E-state index in [0.29, 0.717) is 19.5 Å². The molecule has 1 aromatic carbocycles. The molecule has 118 valence electrons. The van der Waals surface area contributed by atoms with Gasteiger partial charge in [-0.2, -0.15) is 0 Å². The van der Waals surface area contributed by atoms with Crippen LogP contribution < -0.4 is 9.64 Å². The summed E-state index contributed by atoms with van der Waals surface area (Å²) in [5, 5.41) is 20.6. The van der Waals surface area contributed by atoms with Gasteiger partial charge in [0.2, 0.25) is 0 Å². The maximum absolute atomic E-state index is 11.7. The molecule has 1 N–H and O–H groups in total. The Morgan fingerprint density at radius 3 is 2.91 bits per heavy atom. The molecule has 0 spiro atoms. The second kappa shape index (κ2) is 5.15. The standard InChI is InChI=1S/C15H18N2O5/c1-22-13-7-11(4-5-12(13)17(20)21)16-8-10-3-2-6-15(10,9-16)14(18)19/h4-5,7,10H,2-3,6,8-9H2,1H3,(H,18,19)/t10-,15+/m0/s1. The van der Waals surface area contributed by atoms with Gasteiger partial charge in [0.15, 0.2) is 5.75 Å². The lowest BCUT2D eigenvalue weighted by molar-refractivity contribution is -0.385. The van der Waals surface area contributed by atoms with E-state index in [0.717, 1.165) is 18.5 Å². The Labute approximate surface area is 127 Å². The summed E-state index contributed by atoms with van der Waals surface area (Å²) in [7, 11) is 1.39. The molecule has 0 unspecified atom stereocenters. The minimum absolute atomic E-state index is 0.0846. The number of carbonyl (C=O) groups is 1. The van der Waals surface area contributed by atoms with Crippen molar-refractivity contribution < 1.29 is 19.6 Å². The summed E-state index contributed by atoms with van der Waals surface area (Å²) in [5.74, 6) is -0.388. The van der Waals surface area contributed by atoms with Crippen LogP contribution in [-0.4, -0.2) is 36.2 Å². The molecule has 1 saturated heterocycles. The van der Waals surface area contributed by atoms with Crippen LogP contribution in [0.5, 0.6) is 5.75 Å². The number of anilines is 1. The summed E-state index contributed by atoms with van der Waals surface area (Å²) in [6, 6.07) is 4.70. The Kier molecular flexibility index (Phi) is 3.42. The third kappa shape index (κ3) is 2.08. The van der Waals surface area contributed by atoms with Crippen molar-refractivity contribution in [2.75, 3.05) is 25.1 Å². The number of rotatable bonds is 4. The van der Waals surface area contributed by atoms with E-state index in [1.807, 2.05) is 4.90 Å². The number of ether oxygens (including phenoxy) is 1. The second-order valence-corrected chi connectivity index (χ2v) is 6.04. The van der Waals surface area contributed by atoms with Crippen LogP contribution in [0.25, 0.3) is 0 Å². The van der Waals surface area contributed by atoms with Crippen molar-refractivity contribution in [2.45, 2.75) is 19.3 Å². The predicted octanol–water partition coefficient (Wildman–Crippen LogP) is 2.29. The summed E-state index contributed by atoms with van der Waals surface area (Å²) < 4.78 is 5.09.